The molecule has 0 atom stereocenters. The number of carbonyl (C=O) groups excluding carboxylic acids is 1. The zero-order chi connectivity index (χ0) is 9.56. The number of carboxylic acid groups (broad SMARTS) is 1. The number of hydrogen-bond donors (Lipinski definition) is 1. The SMILES string of the molecule is C/C=C(/OC(=O)O)OC(=O)OC. The number of methoxy groups -OCH3 is 1. The van der Waals surface area contributed by atoms with Crippen molar-refractivity contribution in [2.75, 3.05) is 7.11 Å². The summed E-state index contributed by atoms with van der Waals surface area (Å²) in [7, 11) is 1.09. The average molecular weight is 176 g/mol. The topological polar surface area (TPSA) is 82.1 Å². The molecule has 0 aromatic heterocycles. The molecule has 6 heteroatoms. The molecular formula is C6H8O6. The van der Waals surface area contributed by atoms with Crippen LogP contribution in [0.2, 0.25) is 0 Å². The Morgan fingerprint density at radius 2 is 1.92 bits per heavy atom. The van der Waals surface area contributed by atoms with E-state index in [1.165, 1.54) is 13.0 Å². The lowest BCUT2D eigenvalue weighted by atomic mass is 10.7. The van der Waals surface area contributed by atoms with E-state index in [9.17, 15) is 9.59 Å². The van der Waals surface area contributed by atoms with Crippen molar-refractivity contribution >= 4 is 12.3 Å². The Kier molecular flexibility index (Phi) is 4.28. The van der Waals surface area contributed by atoms with Gasteiger partial charge in [-0.25, -0.2) is 9.59 Å². The molecule has 0 radical (unpaired) electrons. The molecule has 0 fully saturated rings. The summed E-state index contributed by atoms with van der Waals surface area (Å²) < 4.78 is 12.4. The first-order chi connectivity index (χ1) is 5.60. The predicted molar refractivity (Wildman–Crippen MR) is 36.4 cm³/mol. The van der Waals surface area contributed by atoms with E-state index in [2.05, 4.69) is 14.2 Å². The summed E-state index contributed by atoms with van der Waals surface area (Å²) >= 11 is 0. The molecule has 0 saturated carbocycles. The van der Waals surface area contributed by atoms with Gasteiger partial charge < -0.3 is 19.3 Å². The van der Waals surface area contributed by atoms with Crippen LogP contribution in [0.5, 0.6) is 0 Å². The molecule has 0 unspecified atom stereocenters. The van der Waals surface area contributed by atoms with Gasteiger partial charge in [0, 0.05) is 0 Å². The van der Waals surface area contributed by atoms with Crippen molar-refractivity contribution in [3.8, 4) is 0 Å². The average Bonchev–Trinajstić information content (AvgIpc) is 2.02. The first kappa shape index (κ1) is 10.3. The van der Waals surface area contributed by atoms with Crippen molar-refractivity contribution in [2.45, 2.75) is 6.92 Å². The van der Waals surface area contributed by atoms with Crippen LogP contribution in [0.1, 0.15) is 6.92 Å². The Bertz CT molecular complexity index is 206. The molecule has 6 nitrogen and oxygen atoms in total. The predicted octanol–water partition coefficient (Wildman–Crippen LogP) is 1.33. The van der Waals surface area contributed by atoms with Crippen molar-refractivity contribution in [3.63, 3.8) is 0 Å². The maximum atomic E-state index is 10.4. The Morgan fingerprint density at radius 1 is 1.33 bits per heavy atom. The number of carbonyl (C=O) groups is 2. The molecule has 68 valence electrons. The Labute approximate surface area is 68.3 Å². The summed E-state index contributed by atoms with van der Waals surface area (Å²) in [5.41, 5.74) is 0. The quantitative estimate of drug-likeness (QED) is 0.504. The van der Waals surface area contributed by atoms with Crippen LogP contribution in [0, 0.1) is 0 Å². The van der Waals surface area contributed by atoms with Crippen molar-refractivity contribution in [2.24, 2.45) is 0 Å². The van der Waals surface area contributed by atoms with Crippen LogP contribution in [0.4, 0.5) is 9.59 Å². The van der Waals surface area contributed by atoms with Gasteiger partial charge in [0.2, 0.25) is 0 Å². The minimum atomic E-state index is -1.56. The van der Waals surface area contributed by atoms with E-state index < -0.39 is 18.3 Å². The minimum Gasteiger partial charge on any atom is -0.449 e. The number of rotatable bonds is 2. The third kappa shape index (κ3) is 4.15. The maximum Gasteiger partial charge on any atom is 0.516 e. The van der Waals surface area contributed by atoms with Gasteiger partial charge in [0.05, 0.1) is 7.11 Å². The minimum absolute atomic E-state index is 0.436. The van der Waals surface area contributed by atoms with E-state index in [0.29, 0.717) is 0 Å². The lowest BCUT2D eigenvalue weighted by molar-refractivity contribution is 0.0334. The summed E-state index contributed by atoms with van der Waals surface area (Å²) in [6, 6.07) is 0. The molecule has 0 aromatic rings. The molecule has 0 aromatic carbocycles. The summed E-state index contributed by atoms with van der Waals surface area (Å²) in [5.74, 6) is -0.436. The van der Waals surface area contributed by atoms with Crippen LogP contribution in [-0.2, 0) is 14.2 Å². The van der Waals surface area contributed by atoms with Crippen molar-refractivity contribution in [1.29, 1.82) is 0 Å². The second kappa shape index (κ2) is 5.00. The molecule has 0 rings (SSSR count). The summed E-state index contributed by atoms with van der Waals surface area (Å²) in [4.78, 5) is 20.3. The van der Waals surface area contributed by atoms with Gasteiger partial charge >= 0.3 is 12.3 Å². The van der Waals surface area contributed by atoms with Crippen molar-refractivity contribution in [3.05, 3.63) is 12.0 Å². The lowest BCUT2D eigenvalue weighted by Crippen LogP contribution is -2.09. The van der Waals surface area contributed by atoms with Crippen molar-refractivity contribution < 1.29 is 28.9 Å². The molecule has 0 amide bonds. The highest BCUT2D eigenvalue weighted by Gasteiger charge is 2.09. The fraction of sp³-hybridized carbons (Fsp3) is 0.333. The highest BCUT2D eigenvalue weighted by atomic mass is 16.8. The first-order valence-corrected chi connectivity index (χ1v) is 2.93. The molecule has 1 N–H and O–H groups in total. The second-order valence-corrected chi connectivity index (χ2v) is 1.53. The van der Waals surface area contributed by atoms with E-state index in [4.69, 9.17) is 5.11 Å². The highest BCUT2D eigenvalue weighted by molar-refractivity contribution is 5.62. The monoisotopic (exact) mass is 176 g/mol. The van der Waals surface area contributed by atoms with Gasteiger partial charge in [0.15, 0.2) is 0 Å². The smallest absolute Gasteiger partial charge is 0.449 e. The summed E-state index contributed by atoms with van der Waals surface area (Å²) in [6.07, 6.45) is -1.43. The van der Waals surface area contributed by atoms with Gasteiger partial charge in [0.1, 0.15) is 0 Å². The molecule has 0 aliphatic rings. The van der Waals surface area contributed by atoms with Crippen LogP contribution in [-0.4, -0.2) is 24.5 Å². The maximum absolute atomic E-state index is 10.4. The first-order valence-electron chi connectivity index (χ1n) is 2.93. The van der Waals surface area contributed by atoms with Gasteiger partial charge in [-0.15, -0.1) is 0 Å². The molecule has 0 bridgehead atoms. The van der Waals surface area contributed by atoms with Gasteiger partial charge in [-0.2, -0.15) is 0 Å². The Hall–Kier alpha value is -1.72. The summed E-state index contributed by atoms with van der Waals surface area (Å²) in [5, 5.41) is 8.11. The normalized spacial score (nSPS) is 10.3. The van der Waals surface area contributed by atoms with Gasteiger partial charge in [0.25, 0.3) is 5.95 Å². The molecule has 12 heavy (non-hydrogen) atoms. The molecule has 0 aliphatic heterocycles. The molecule has 0 saturated heterocycles. The Balaban J connectivity index is 4.02. The van der Waals surface area contributed by atoms with Crippen molar-refractivity contribution in [1.82, 2.24) is 0 Å². The van der Waals surface area contributed by atoms with Crippen LogP contribution >= 0.6 is 0 Å². The number of ether oxygens (including phenoxy) is 3. The lowest BCUT2D eigenvalue weighted by Gasteiger charge is -2.03. The molecule has 0 heterocycles. The third-order valence-electron chi connectivity index (χ3n) is 0.774. The van der Waals surface area contributed by atoms with Gasteiger partial charge in [-0.05, 0) is 13.0 Å². The van der Waals surface area contributed by atoms with E-state index in [1.807, 2.05) is 0 Å². The van der Waals surface area contributed by atoms with Crippen LogP contribution in [0.25, 0.3) is 0 Å². The summed E-state index contributed by atoms with van der Waals surface area (Å²) in [6.45, 7) is 1.45. The second-order valence-electron chi connectivity index (χ2n) is 1.53. The van der Waals surface area contributed by atoms with Crippen LogP contribution in [0.15, 0.2) is 12.0 Å². The van der Waals surface area contributed by atoms with E-state index >= 15 is 0 Å². The van der Waals surface area contributed by atoms with Gasteiger partial charge in [-0.1, -0.05) is 0 Å². The van der Waals surface area contributed by atoms with E-state index in [0.717, 1.165) is 7.11 Å². The van der Waals surface area contributed by atoms with Gasteiger partial charge in [-0.3, -0.25) is 0 Å². The van der Waals surface area contributed by atoms with Crippen LogP contribution < -0.4 is 0 Å². The fourth-order valence-corrected chi connectivity index (χ4v) is 0.349. The van der Waals surface area contributed by atoms with E-state index in [-0.39, 0.29) is 0 Å². The largest absolute Gasteiger partial charge is 0.516 e. The molecule has 0 spiro atoms. The number of allylic oxidation sites excluding steroid dienone is 1. The highest BCUT2D eigenvalue weighted by Crippen LogP contribution is 2.01. The Morgan fingerprint density at radius 3 is 2.25 bits per heavy atom. The molecular weight excluding hydrogens is 168 g/mol. The fourth-order valence-electron chi connectivity index (χ4n) is 0.349. The number of hydrogen-bond acceptors (Lipinski definition) is 5. The zero-order valence-electron chi connectivity index (χ0n) is 6.57. The standard InChI is InChI=1S/C6H8O6/c1-3-4(11-5(7)8)12-6(9)10-2/h3H,1-2H3,(H,7,8)/b4-3-. The third-order valence-corrected chi connectivity index (χ3v) is 0.774. The molecule has 0 aliphatic carbocycles. The van der Waals surface area contributed by atoms with Crippen LogP contribution in [0.3, 0.4) is 0 Å². The van der Waals surface area contributed by atoms with E-state index in [1.54, 1.807) is 0 Å². The zero-order valence-corrected chi connectivity index (χ0v) is 6.57.